The van der Waals surface area contributed by atoms with Crippen LogP contribution in [-0.4, -0.2) is 51.5 Å². The lowest BCUT2D eigenvalue weighted by Gasteiger charge is -2.09. The first-order valence-electron chi connectivity index (χ1n) is 9.97. The van der Waals surface area contributed by atoms with Gasteiger partial charge in [-0.2, -0.15) is 9.61 Å². The van der Waals surface area contributed by atoms with Gasteiger partial charge < -0.3 is 14.8 Å². The summed E-state index contributed by atoms with van der Waals surface area (Å²) < 4.78 is 12.3. The summed E-state index contributed by atoms with van der Waals surface area (Å²) in [5.74, 6) is 1.04. The summed E-state index contributed by atoms with van der Waals surface area (Å²) in [5.41, 5.74) is 3.19. The van der Waals surface area contributed by atoms with Crippen molar-refractivity contribution in [3.63, 3.8) is 0 Å². The zero-order chi connectivity index (χ0) is 23.4. The summed E-state index contributed by atoms with van der Waals surface area (Å²) in [6.45, 7) is 1.48. The highest BCUT2D eigenvalue weighted by atomic mass is 32.2. The van der Waals surface area contributed by atoms with Crippen molar-refractivity contribution in [1.29, 1.82) is 0 Å². The summed E-state index contributed by atoms with van der Waals surface area (Å²) in [7, 11) is 3.16. The number of carbonyl (C=O) groups is 2. The van der Waals surface area contributed by atoms with Gasteiger partial charge in [0.05, 0.1) is 25.7 Å². The van der Waals surface area contributed by atoms with E-state index in [2.05, 4.69) is 20.6 Å². The first-order valence-corrected chi connectivity index (χ1v) is 11.0. The number of benzene rings is 2. The highest BCUT2D eigenvalue weighted by Crippen LogP contribution is 2.31. The van der Waals surface area contributed by atoms with Gasteiger partial charge in [-0.15, -0.1) is 10.2 Å². The van der Waals surface area contributed by atoms with Crippen LogP contribution >= 0.6 is 11.8 Å². The van der Waals surface area contributed by atoms with E-state index in [4.69, 9.17) is 9.47 Å². The van der Waals surface area contributed by atoms with E-state index in [0.29, 0.717) is 39.2 Å². The number of thioether (sulfide) groups is 1. The number of carbonyl (C=O) groups excluding carboxylic acids is 2. The Morgan fingerprint density at radius 1 is 1.00 bits per heavy atom. The standard InChI is InChI=1S/C23H21N5O4S/c1-14(29)15-5-4-6-17(11-15)24-22(30)13-33-23-26-25-21-10-8-18(27-28(21)23)16-7-9-19(31-2)20(12-16)32-3/h4-12H,13H2,1-3H3,(H,24,30). The highest BCUT2D eigenvalue weighted by molar-refractivity contribution is 7.99. The fourth-order valence-corrected chi connectivity index (χ4v) is 3.84. The molecule has 0 unspecified atom stereocenters. The predicted octanol–water partition coefficient (Wildman–Crippen LogP) is 3.74. The van der Waals surface area contributed by atoms with E-state index in [9.17, 15) is 9.59 Å². The second-order valence-electron chi connectivity index (χ2n) is 7.01. The Bertz CT molecular complexity index is 1340. The maximum absolute atomic E-state index is 12.4. The van der Waals surface area contributed by atoms with Gasteiger partial charge >= 0.3 is 0 Å². The van der Waals surface area contributed by atoms with E-state index < -0.39 is 0 Å². The fraction of sp³-hybridized carbons (Fsp3) is 0.174. The van der Waals surface area contributed by atoms with Crippen LogP contribution in [0.25, 0.3) is 16.9 Å². The van der Waals surface area contributed by atoms with Crippen molar-refractivity contribution in [2.45, 2.75) is 12.1 Å². The van der Waals surface area contributed by atoms with Crippen LogP contribution < -0.4 is 14.8 Å². The maximum Gasteiger partial charge on any atom is 0.234 e. The molecule has 1 N–H and O–H groups in total. The van der Waals surface area contributed by atoms with Gasteiger partial charge in [0, 0.05) is 16.8 Å². The molecule has 0 fully saturated rings. The molecule has 0 aliphatic heterocycles. The zero-order valence-electron chi connectivity index (χ0n) is 18.2. The summed E-state index contributed by atoms with van der Waals surface area (Å²) >= 11 is 1.22. The maximum atomic E-state index is 12.4. The van der Waals surface area contributed by atoms with E-state index in [1.807, 2.05) is 30.3 Å². The Hall–Kier alpha value is -3.92. The average Bonchev–Trinajstić information content (AvgIpc) is 3.24. The molecule has 0 radical (unpaired) electrons. The summed E-state index contributed by atoms with van der Waals surface area (Å²) in [5, 5.41) is 16.2. The summed E-state index contributed by atoms with van der Waals surface area (Å²) in [6.07, 6.45) is 0. The molecule has 4 rings (SSSR count). The van der Waals surface area contributed by atoms with E-state index in [1.54, 1.807) is 43.0 Å². The largest absolute Gasteiger partial charge is 0.493 e. The molecule has 0 saturated heterocycles. The number of aromatic nitrogens is 4. The SMILES string of the molecule is COc1ccc(-c2ccc3nnc(SCC(=O)Nc4cccc(C(C)=O)c4)n3n2)cc1OC. The molecule has 9 nitrogen and oxygen atoms in total. The van der Waals surface area contributed by atoms with E-state index in [-0.39, 0.29) is 17.4 Å². The second-order valence-corrected chi connectivity index (χ2v) is 7.96. The number of ketones is 1. The molecule has 0 saturated carbocycles. The lowest BCUT2D eigenvalue weighted by molar-refractivity contribution is -0.113. The van der Waals surface area contributed by atoms with E-state index in [0.717, 1.165) is 5.56 Å². The highest BCUT2D eigenvalue weighted by Gasteiger charge is 2.13. The minimum absolute atomic E-state index is 0.0632. The number of hydrogen-bond donors (Lipinski definition) is 1. The number of rotatable bonds is 8. The first kappa shape index (κ1) is 22.3. The van der Waals surface area contributed by atoms with Gasteiger partial charge in [-0.25, -0.2) is 0 Å². The number of Topliss-reactive ketones (excluding diaryl/α,β-unsaturated/α-hetero) is 1. The number of hydrogen-bond acceptors (Lipinski definition) is 8. The molecule has 33 heavy (non-hydrogen) atoms. The lowest BCUT2D eigenvalue weighted by atomic mass is 10.1. The second kappa shape index (κ2) is 9.70. The molecular weight excluding hydrogens is 442 g/mol. The van der Waals surface area contributed by atoms with Crippen LogP contribution in [0.5, 0.6) is 11.5 Å². The number of amides is 1. The topological polar surface area (TPSA) is 108 Å². The van der Waals surface area contributed by atoms with Crippen molar-refractivity contribution in [3.05, 3.63) is 60.2 Å². The van der Waals surface area contributed by atoms with Crippen LogP contribution in [0, 0.1) is 0 Å². The van der Waals surface area contributed by atoms with Crippen molar-refractivity contribution < 1.29 is 19.1 Å². The minimum atomic E-state index is -0.228. The van der Waals surface area contributed by atoms with Crippen molar-refractivity contribution >= 4 is 34.8 Å². The van der Waals surface area contributed by atoms with Crippen molar-refractivity contribution in [2.75, 3.05) is 25.3 Å². The van der Waals surface area contributed by atoms with Crippen LogP contribution in [0.1, 0.15) is 17.3 Å². The van der Waals surface area contributed by atoms with E-state index in [1.165, 1.54) is 18.7 Å². The molecule has 168 valence electrons. The number of nitrogens with zero attached hydrogens (tertiary/aromatic N) is 4. The molecule has 0 bridgehead atoms. The van der Waals surface area contributed by atoms with Gasteiger partial charge in [-0.05, 0) is 49.4 Å². The normalized spacial score (nSPS) is 10.8. The quantitative estimate of drug-likeness (QED) is 0.311. The van der Waals surface area contributed by atoms with E-state index >= 15 is 0 Å². The van der Waals surface area contributed by atoms with Gasteiger partial charge in [-0.3, -0.25) is 9.59 Å². The number of fused-ring (bicyclic) bond motifs is 1. The zero-order valence-corrected chi connectivity index (χ0v) is 19.0. The molecule has 10 heteroatoms. The Balaban J connectivity index is 1.50. The predicted molar refractivity (Wildman–Crippen MR) is 125 cm³/mol. The lowest BCUT2D eigenvalue weighted by Crippen LogP contribution is -2.14. The van der Waals surface area contributed by atoms with Crippen LogP contribution in [0.15, 0.2) is 59.8 Å². The van der Waals surface area contributed by atoms with Gasteiger partial charge in [0.2, 0.25) is 11.1 Å². The number of nitrogens with one attached hydrogen (secondary N) is 1. The van der Waals surface area contributed by atoms with Gasteiger partial charge in [0.1, 0.15) is 0 Å². The molecule has 4 aromatic rings. The molecule has 0 aliphatic rings. The summed E-state index contributed by atoms with van der Waals surface area (Å²) in [6, 6.07) is 16.0. The molecule has 0 spiro atoms. The average molecular weight is 464 g/mol. The molecular formula is C23H21N5O4S. The van der Waals surface area contributed by atoms with Crippen molar-refractivity contribution in [1.82, 2.24) is 19.8 Å². The van der Waals surface area contributed by atoms with Gasteiger partial charge in [0.15, 0.2) is 22.9 Å². The molecule has 1 amide bonds. The third-order valence-corrected chi connectivity index (χ3v) is 5.72. The molecule has 2 heterocycles. The van der Waals surface area contributed by atoms with Crippen LogP contribution in [0.4, 0.5) is 5.69 Å². The Labute approximate surface area is 194 Å². The summed E-state index contributed by atoms with van der Waals surface area (Å²) in [4.78, 5) is 24.0. The molecule has 0 atom stereocenters. The molecule has 0 aliphatic carbocycles. The molecule has 2 aromatic carbocycles. The number of anilines is 1. The number of methoxy groups -OCH3 is 2. The van der Waals surface area contributed by atoms with Crippen LogP contribution in [0.2, 0.25) is 0 Å². The smallest absolute Gasteiger partial charge is 0.234 e. The Morgan fingerprint density at radius 3 is 2.58 bits per heavy atom. The third-order valence-electron chi connectivity index (χ3n) is 4.80. The Morgan fingerprint density at radius 2 is 1.82 bits per heavy atom. The molecule has 2 aromatic heterocycles. The first-order chi connectivity index (χ1) is 16.0. The van der Waals surface area contributed by atoms with Crippen LogP contribution in [-0.2, 0) is 4.79 Å². The van der Waals surface area contributed by atoms with Crippen LogP contribution in [0.3, 0.4) is 0 Å². The fourth-order valence-electron chi connectivity index (χ4n) is 3.15. The van der Waals surface area contributed by atoms with Crippen molar-refractivity contribution in [3.8, 4) is 22.8 Å². The minimum Gasteiger partial charge on any atom is -0.493 e. The monoisotopic (exact) mass is 463 g/mol. The van der Waals surface area contributed by atoms with Crippen molar-refractivity contribution in [2.24, 2.45) is 0 Å². The van der Waals surface area contributed by atoms with Gasteiger partial charge in [0.25, 0.3) is 0 Å². The number of ether oxygens (including phenoxy) is 2. The third kappa shape index (κ3) is 4.96. The van der Waals surface area contributed by atoms with Gasteiger partial charge in [-0.1, -0.05) is 23.9 Å². The Kier molecular flexibility index (Phi) is 6.55.